The maximum absolute atomic E-state index is 12.2. The van der Waals surface area contributed by atoms with Crippen LogP contribution < -0.4 is 4.90 Å². The van der Waals surface area contributed by atoms with Gasteiger partial charge in [-0.3, -0.25) is 4.79 Å². The molecule has 1 heterocycles. The minimum absolute atomic E-state index is 0.0323. The van der Waals surface area contributed by atoms with Gasteiger partial charge in [-0.2, -0.15) is 0 Å². The molecule has 1 fully saturated rings. The van der Waals surface area contributed by atoms with Crippen LogP contribution in [0.2, 0.25) is 0 Å². The maximum atomic E-state index is 12.2. The maximum Gasteiger partial charge on any atom is 0.246 e. The third-order valence-electron chi connectivity index (χ3n) is 3.92. The van der Waals surface area contributed by atoms with Crippen LogP contribution in [0.4, 0.5) is 5.69 Å². The Bertz CT molecular complexity index is 494. The summed E-state index contributed by atoms with van der Waals surface area (Å²) in [7, 11) is 4.00. The van der Waals surface area contributed by atoms with Crippen molar-refractivity contribution in [3.8, 4) is 0 Å². The van der Waals surface area contributed by atoms with E-state index in [2.05, 4.69) is 0 Å². The van der Waals surface area contributed by atoms with Crippen LogP contribution in [0.5, 0.6) is 0 Å². The zero-order valence-corrected chi connectivity index (χ0v) is 12.8. The van der Waals surface area contributed by atoms with Gasteiger partial charge in [0.25, 0.3) is 0 Å². The Balaban J connectivity index is 1.95. The molecule has 1 atom stereocenters. The number of benzene rings is 1. The molecule has 0 saturated carbocycles. The van der Waals surface area contributed by atoms with Crippen LogP contribution in [-0.4, -0.2) is 49.7 Å². The number of nitrogens with zero attached hydrogens (tertiary/aromatic N) is 2. The Morgan fingerprint density at radius 2 is 2.10 bits per heavy atom. The molecule has 1 N–H and O–H groups in total. The van der Waals surface area contributed by atoms with E-state index in [-0.39, 0.29) is 18.4 Å². The summed E-state index contributed by atoms with van der Waals surface area (Å²) in [6.07, 6.45) is 5.47. The van der Waals surface area contributed by atoms with Crippen LogP contribution in [-0.2, 0) is 4.79 Å². The van der Waals surface area contributed by atoms with Gasteiger partial charge in [-0.25, -0.2) is 0 Å². The van der Waals surface area contributed by atoms with Gasteiger partial charge in [0.15, 0.2) is 0 Å². The molecule has 0 bridgehead atoms. The van der Waals surface area contributed by atoms with E-state index >= 15 is 0 Å². The summed E-state index contributed by atoms with van der Waals surface area (Å²) in [5.41, 5.74) is 2.16. The molecule has 0 spiro atoms. The van der Waals surface area contributed by atoms with E-state index in [1.54, 1.807) is 6.08 Å². The van der Waals surface area contributed by atoms with Gasteiger partial charge in [-0.05, 0) is 42.5 Å². The van der Waals surface area contributed by atoms with Crippen molar-refractivity contribution in [1.82, 2.24) is 4.90 Å². The van der Waals surface area contributed by atoms with Crippen LogP contribution in [0.1, 0.15) is 18.4 Å². The second-order valence-electron chi connectivity index (χ2n) is 5.79. The SMILES string of the molecule is CN(C)c1ccc(/C=C/C(=O)N2CCCC(CO)C2)cc1. The zero-order chi connectivity index (χ0) is 15.2. The highest BCUT2D eigenvalue weighted by Crippen LogP contribution is 2.17. The van der Waals surface area contributed by atoms with Crippen LogP contribution in [0, 0.1) is 5.92 Å². The third kappa shape index (κ3) is 4.33. The fourth-order valence-electron chi connectivity index (χ4n) is 2.57. The second kappa shape index (κ2) is 7.27. The van der Waals surface area contributed by atoms with Gasteiger partial charge < -0.3 is 14.9 Å². The molecule has 1 aliphatic rings. The van der Waals surface area contributed by atoms with E-state index in [1.807, 2.05) is 54.2 Å². The molecule has 1 aromatic rings. The summed E-state index contributed by atoms with van der Waals surface area (Å²) >= 11 is 0. The van der Waals surface area contributed by atoms with Crippen molar-refractivity contribution in [2.45, 2.75) is 12.8 Å². The number of rotatable bonds is 4. The molecule has 0 radical (unpaired) electrons. The summed E-state index contributed by atoms with van der Waals surface area (Å²) in [6.45, 7) is 1.62. The Labute approximate surface area is 126 Å². The fraction of sp³-hybridized carbons (Fsp3) is 0.471. The smallest absolute Gasteiger partial charge is 0.246 e. The lowest BCUT2D eigenvalue weighted by Gasteiger charge is -2.31. The number of hydrogen-bond donors (Lipinski definition) is 1. The third-order valence-corrected chi connectivity index (χ3v) is 3.92. The number of carbonyl (C=O) groups is 1. The molecule has 1 aromatic carbocycles. The first-order chi connectivity index (χ1) is 10.1. The largest absolute Gasteiger partial charge is 0.396 e. The van der Waals surface area contributed by atoms with Crippen molar-refractivity contribution >= 4 is 17.7 Å². The minimum atomic E-state index is 0.0323. The van der Waals surface area contributed by atoms with Gasteiger partial charge in [-0.1, -0.05) is 12.1 Å². The van der Waals surface area contributed by atoms with Crippen molar-refractivity contribution in [1.29, 1.82) is 0 Å². The number of carbonyl (C=O) groups excluding carboxylic acids is 1. The van der Waals surface area contributed by atoms with Gasteiger partial charge in [0.2, 0.25) is 5.91 Å². The van der Waals surface area contributed by atoms with Crippen molar-refractivity contribution < 1.29 is 9.90 Å². The molecule has 1 unspecified atom stereocenters. The second-order valence-corrected chi connectivity index (χ2v) is 5.79. The lowest BCUT2D eigenvalue weighted by Crippen LogP contribution is -2.40. The Morgan fingerprint density at radius 3 is 2.71 bits per heavy atom. The summed E-state index contributed by atoms with van der Waals surface area (Å²) in [5.74, 6) is 0.264. The highest BCUT2D eigenvalue weighted by Gasteiger charge is 2.21. The molecule has 114 valence electrons. The summed E-state index contributed by atoms with van der Waals surface area (Å²) in [5, 5.41) is 9.21. The van der Waals surface area contributed by atoms with Crippen LogP contribution in [0.25, 0.3) is 6.08 Å². The molecular formula is C17H24N2O2. The van der Waals surface area contributed by atoms with E-state index in [0.717, 1.165) is 30.6 Å². The number of aliphatic hydroxyl groups excluding tert-OH is 1. The van der Waals surface area contributed by atoms with Gasteiger partial charge in [0, 0.05) is 45.6 Å². The molecule has 0 aromatic heterocycles. The minimum Gasteiger partial charge on any atom is -0.396 e. The van der Waals surface area contributed by atoms with Crippen molar-refractivity contribution in [3.05, 3.63) is 35.9 Å². The summed E-state index contributed by atoms with van der Waals surface area (Å²) in [6, 6.07) is 8.08. The molecule has 2 rings (SSSR count). The van der Waals surface area contributed by atoms with E-state index in [1.165, 1.54) is 0 Å². The Hall–Kier alpha value is -1.81. The first kappa shape index (κ1) is 15.6. The average molecular weight is 288 g/mol. The molecule has 0 aliphatic carbocycles. The van der Waals surface area contributed by atoms with Crippen molar-refractivity contribution in [3.63, 3.8) is 0 Å². The van der Waals surface area contributed by atoms with E-state index < -0.39 is 0 Å². The lowest BCUT2D eigenvalue weighted by atomic mass is 9.99. The van der Waals surface area contributed by atoms with E-state index in [4.69, 9.17) is 0 Å². The van der Waals surface area contributed by atoms with Gasteiger partial charge in [0.05, 0.1) is 0 Å². The predicted octanol–water partition coefficient (Wildman–Crippen LogP) is 2.00. The number of aliphatic hydroxyl groups is 1. The average Bonchev–Trinajstić information content (AvgIpc) is 2.53. The normalized spacial score (nSPS) is 19.0. The van der Waals surface area contributed by atoms with E-state index in [0.29, 0.717) is 6.54 Å². The number of likely N-dealkylation sites (tertiary alicyclic amines) is 1. The highest BCUT2D eigenvalue weighted by molar-refractivity contribution is 5.91. The van der Waals surface area contributed by atoms with Gasteiger partial charge >= 0.3 is 0 Å². The number of hydrogen-bond acceptors (Lipinski definition) is 3. The lowest BCUT2D eigenvalue weighted by molar-refractivity contribution is -0.127. The molecule has 4 nitrogen and oxygen atoms in total. The Morgan fingerprint density at radius 1 is 1.38 bits per heavy atom. The highest BCUT2D eigenvalue weighted by atomic mass is 16.3. The molecular weight excluding hydrogens is 264 g/mol. The van der Waals surface area contributed by atoms with Gasteiger partial charge in [0.1, 0.15) is 0 Å². The van der Waals surface area contributed by atoms with E-state index in [9.17, 15) is 9.90 Å². The zero-order valence-electron chi connectivity index (χ0n) is 12.8. The summed E-state index contributed by atoms with van der Waals surface area (Å²) < 4.78 is 0. The molecule has 4 heteroatoms. The monoisotopic (exact) mass is 288 g/mol. The Kier molecular flexibility index (Phi) is 5.39. The molecule has 21 heavy (non-hydrogen) atoms. The van der Waals surface area contributed by atoms with Gasteiger partial charge in [-0.15, -0.1) is 0 Å². The van der Waals surface area contributed by atoms with Crippen LogP contribution in [0.3, 0.4) is 0 Å². The van der Waals surface area contributed by atoms with Crippen LogP contribution >= 0.6 is 0 Å². The van der Waals surface area contributed by atoms with Crippen LogP contribution in [0.15, 0.2) is 30.3 Å². The molecule has 1 aliphatic heterocycles. The first-order valence-corrected chi connectivity index (χ1v) is 7.45. The fourth-order valence-corrected chi connectivity index (χ4v) is 2.57. The first-order valence-electron chi connectivity index (χ1n) is 7.45. The quantitative estimate of drug-likeness (QED) is 0.862. The summed E-state index contributed by atoms with van der Waals surface area (Å²) in [4.78, 5) is 16.0. The molecule has 1 amide bonds. The standard InChI is InChI=1S/C17H24N2O2/c1-18(2)16-8-5-14(6-9-16)7-10-17(21)19-11-3-4-15(12-19)13-20/h5-10,15,20H,3-4,11-13H2,1-2H3/b10-7+. The topological polar surface area (TPSA) is 43.8 Å². The van der Waals surface area contributed by atoms with Crippen molar-refractivity contribution in [2.75, 3.05) is 38.7 Å². The number of amides is 1. The predicted molar refractivity (Wildman–Crippen MR) is 86.2 cm³/mol. The molecule has 1 saturated heterocycles. The van der Waals surface area contributed by atoms with Crippen molar-refractivity contribution in [2.24, 2.45) is 5.92 Å². The number of piperidine rings is 1. The number of anilines is 1.